The average molecular weight is 474 g/mol. The Balaban J connectivity index is 1.45. The molecule has 10 nitrogen and oxygen atoms in total. The quantitative estimate of drug-likeness (QED) is 0.628. The third kappa shape index (κ3) is 3.24. The van der Waals surface area contributed by atoms with Gasteiger partial charge in [-0.3, -0.25) is 34.3 Å². The summed E-state index contributed by atoms with van der Waals surface area (Å²) < 4.78 is 5.12. The number of ether oxygens (including phenoxy) is 1. The van der Waals surface area contributed by atoms with E-state index in [1.165, 1.54) is 19.2 Å². The first-order chi connectivity index (χ1) is 16.8. The lowest BCUT2D eigenvalue weighted by atomic mass is 9.88. The van der Waals surface area contributed by atoms with Crippen molar-refractivity contribution in [3.05, 3.63) is 59.7 Å². The smallest absolute Gasteiger partial charge is 0.262 e. The normalized spacial score (nSPS) is 21.8. The molecule has 178 valence electrons. The van der Waals surface area contributed by atoms with Crippen LogP contribution in [-0.4, -0.2) is 59.2 Å². The van der Waals surface area contributed by atoms with Gasteiger partial charge in [-0.15, -0.1) is 0 Å². The average Bonchev–Trinajstić information content (AvgIpc) is 3.48. The van der Waals surface area contributed by atoms with E-state index in [0.717, 1.165) is 9.80 Å². The van der Waals surface area contributed by atoms with Crippen LogP contribution in [0.25, 0.3) is 0 Å². The van der Waals surface area contributed by atoms with E-state index >= 15 is 0 Å². The number of hydrogen-bond acceptors (Lipinski definition) is 8. The zero-order valence-electron chi connectivity index (χ0n) is 19.2. The van der Waals surface area contributed by atoms with Crippen molar-refractivity contribution in [1.82, 2.24) is 10.3 Å². The van der Waals surface area contributed by atoms with E-state index < -0.39 is 53.3 Å². The minimum Gasteiger partial charge on any atom is -0.497 e. The van der Waals surface area contributed by atoms with Crippen molar-refractivity contribution in [2.24, 2.45) is 16.9 Å². The van der Waals surface area contributed by atoms with Crippen LogP contribution in [0.3, 0.4) is 0 Å². The SMILES string of the molecule is COc1ccc(N2C(=O)C3NN=C(C(=O)C(C(C)C)N4C(=O)c5ccccc5C4=O)C3C2=O)cc1. The highest BCUT2D eigenvalue weighted by atomic mass is 16.5. The van der Waals surface area contributed by atoms with E-state index in [4.69, 9.17) is 4.74 Å². The van der Waals surface area contributed by atoms with E-state index in [-0.39, 0.29) is 16.8 Å². The Labute approximate surface area is 200 Å². The van der Waals surface area contributed by atoms with Crippen molar-refractivity contribution in [2.75, 3.05) is 12.0 Å². The number of hydrazone groups is 1. The molecule has 3 atom stereocenters. The van der Waals surface area contributed by atoms with Crippen molar-refractivity contribution in [3.8, 4) is 5.75 Å². The fourth-order valence-corrected chi connectivity index (χ4v) is 4.81. The molecule has 1 N–H and O–H groups in total. The molecule has 0 spiro atoms. The van der Waals surface area contributed by atoms with Crippen LogP contribution in [0.4, 0.5) is 5.69 Å². The molecular formula is C25H22N4O6. The van der Waals surface area contributed by atoms with Crippen molar-refractivity contribution >= 4 is 40.8 Å². The van der Waals surface area contributed by atoms with Gasteiger partial charge >= 0.3 is 0 Å². The molecule has 3 aliphatic rings. The van der Waals surface area contributed by atoms with Gasteiger partial charge in [-0.1, -0.05) is 26.0 Å². The zero-order chi connectivity index (χ0) is 25.0. The molecule has 2 aromatic carbocycles. The molecule has 35 heavy (non-hydrogen) atoms. The van der Waals surface area contributed by atoms with Crippen LogP contribution in [0.2, 0.25) is 0 Å². The second kappa shape index (κ2) is 8.15. The topological polar surface area (TPSA) is 125 Å². The van der Waals surface area contributed by atoms with Crippen LogP contribution in [0.1, 0.15) is 34.6 Å². The lowest BCUT2D eigenvalue weighted by Crippen LogP contribution is -2.51. The molecule has 1 saturated heterocycles. The molecule has 3 unspecified atom stereocenters. The number of nitrogens with zero attached hydrogens (tertiary/aromatic N) is 3. The maximum Gasteiger partial charge on any atom is 0.262 e. The number of carbonyl (C=O) groups excluding carboxylic acids is 5. The van der Waals surface area contributed by atoms with Gasteiger partial charge in [0.15, 0.2) is 0 Å². The lowest BCUT2D eigenvalue weighted by Gasteiger charge is -2.28. The van der Waals surface area contributed by atoms with E-state index in [2.05, 4.69) is 10.5 Å². The number of benzene rings is 2. The Bertz CT molecular complexity index is 1280. The summed E-state index contributed by atoms with van der Waals surface area (Å²) in [6.07, 6.45) is 0. The number of amides is 4. The van der Waals surface area contributed by atoms with E-state index in [0.29, 0.717) is 11.4 Å². The Hall–Kier alpha value is -4.34. The fraction of sp³-hybridized carbons (Fsp3) is 0.280. The molecule has 3 aliphatic heterocycles. The summed E-state index contributed by atoms with van der Waals surface area (Å²) in [5.74, 6) is -4.00. The molecule has 3 heterocycles. The summed E-state index contributed by atoms with van der Waals surface area (Å²) >= 11 is 0. The van der Waals surface area contributed by atoms with Gasteiger partial charge in [0.2, 0.25) is 11.7 Å². The number of imide groups is 2. The van der Waals surface area contributed by atoms with Crippen LogP contribution in [-0.2, 0) is 14.4 Å². The zero-order valence-corrected chi connectivity index (χ0v) is 19.2. The molecule has 0 aliphatic carbocycles. The van der Waals surface area contributed by atoms with E-state index in [1.54, 1.807) is 50.2 Å². The predicted octanol–water partition coefficient (Wildman–Crippen LogP) is 1.40. The maximum absolute atomic E-state index is 13.7. The van der Waals surface area contributed by atoms with Gasteiger partial charge in [-0.2, -0.15) is 5.10 Å². The monoisotopic (exact) mass is 474 g/mol. The van der Waals surface area contributed by atoms with Crippen LogP contribution in [0.15, 0.2) is 53.6 Å². The number of ketones is 1. The molecule has 2 aromatic rings. The number of carbonyl (C=O) groups is 5. The number of methoxy groups -OCH3 is 1. The summed E-state index contributed by atoms with van der Waals surface area (Å²) in [5, 5.41) is 4.03. The number of fused-ring (bicyclic) bond motifs is 2. The molecule has 0 radical (unpaired) electrons. The number of hydrogen-bond donors (Lipinski definition) is 1. The summed E-state index contributed by atoms with van der Waals surface area (Å²) in [6, 6.07) is 10.5. The largest absolute Gasteiger partial charge is 0.497 e. The van der Waals surface area contributed by atoms with Gasteiger partial charge in [0.25, 0.3) is 17.7 Å². The Morgan fingerprint density at radius 2 is 1.54 bits per heavy atom. The molecule has 1 fully saturated rings. The van der Waals surface area contributed by atoms with Crippen LogP contribution < -0.4 is 15.1 Å². The summed E-state index contributed by atoms with van der Waals surface area (Å²) in [7, 11) is 1.50. The van der Waals surface area contributed by atoms with Gasteiger partial charge in [0.1, 0.15) is 29.5 Å². The Morgan fingerprint density at radius 1 is 0.943 bits per heavy atom. The highest BCUT2D eigenvalue weighted by Gasteiger charge is 2.57. The first-order valence-electron chi connectivity index (χ1n) is 11.1. The van der Waals surface area contributed by atoms with Gasteiger partial charge in [-0.25, -0.2) is 4.90 Å². The van der Waals surface area contributed by atoms with Gasteiger partial charge in [0, 0.05) is 0 Å². The molecule has 0 bridgehead atoms. The second-order valence-corrected chi connectivity index (χ2v) is 8.87. The third-order valence-corrected chi connectivity index (χ3v) is 6.51. The van der Waals surface area contributed by atoms with Gasteiger partial charge in [-0.05, 0) is 42.3 Å². The third-order valence-electron chi connectivity index (χ3n) is 6.51. The molecule has 0 saturated carbocycles. The Kier molecular flexibility index (Phi) is 5.23. The molecule has 0 aromatic heterocycles. The fourth-order valence-electron chi connectivity index (χ4n) is 4.81. The first kappa shape index (κ1) is 22.5. The van der Waals surface area contributed by atoms with Crippen LogP contribution >= 0.6 is 0 Å². The van der Waals surface area contributed by atoms with Crippen molar-refractivity contribution < 1.29 is 28.7 Å². The first-order valence-corrected chi connectivity index (χ1v) is 11.1. The molecule has 5 rings (SSSR count). The van der Waals surface area contributed by atoms with Crippen molar-refractivity contribution in [1.29, 1.82) is 0 Å². The summed E-state index contributed by atoms with van der Waals surface area (Å²) in [6.45, 7) is 3.41. The standard InChI is InChI=1S/C25H22N4O6/c1-12(2)20(29-22(31)15-6-4-5-7-16(15)23(29)32)21(30)18-17-19(27-26-18)25(34)28(24(17)33)13-8-10-14(35-3)11-9-13/h4-12,17,19-20,27H,1-3H3. The van der Waals surface area contributed by atoms with Crippen LogP contribution in [0.5, 0.6) is 5.75 Å². The number of rotatable bonds is 6. The summed E-state index contributed by atoms with van der Waals surface area (Å²) in [4.78, 5) is 68.2. The number of Topliss-reactive ketones (excluding diaryl/α,β-unsaturated/α-hetero) is 1. The molecule has 4 amide bonds. The number of anilines is 1. The predicted molar refractivity (Wildman–Crippen MR) is 124 cm³/mol. The highest BCUT2D eigenvalue weighted by Crippen LogP contribution is 2.34. The minimum absolute atomic E-state index is 0.167. The number of nitrogens with one attached hydrogen (secondary N) is 1. The van der Waals surface area contributed by atoms with Gasteiger partial charge < -0.3 is 4.74 Å². The van der Waals surface area contributed by atoms with Crippen molar-refractivity contribution in [2.45, 2.75) is 25.9 Å². The lowest BCUT2D eigenvalue weighted by molar-refractivity contribution is -0.123. The second-order valence-electron chi connectivity index (χ2n) is 8.87. The van der Waals surface area contributed by atoms with Crippen molar-refractivity contribution in [3.63, 3.8) is 0 Å². The Morgan fingerprint density at radius 3 is 2.09 bits per heavy atom. The molecule has 10 heteroatoms. The van der Waals surface area contributed by atoms with Gasteiger partial charge in [0.05, 0.1) is 23.9 Å². The molecular weight excluding hydrogens is 452 g/mol. The van der Waals surface area contributed by atoms with E-state index in [9.17, 15) is 24.0 Å². The van der Waals surface area contributed by atoms with Crippen LogP contribution in [0, 0.1) is 11.8 Å². The highest BCUT2D eigenvalue weighted by molar-refractivity contribution is 6.50. The summed E-state index contributed by atoms with van der Waals surface area (Å²) in [5.41, 5.74) is 3.23. The maximum atomic E-state index is 13.7. The van der Waals surface area contributed by atoms with E-state index in [1.807, 2.05) is 0 Å². The minimum atomic E-state index is -1.18.